The summed E-state index contributed by atoms with van der Waals surface area (Å²) in [5, 5.41) is 0. The third-order valence-electron chi connectivity index (χ3n) is 5.16. The number of hydrogen-bond donors (Lipinski definition) is 0. The van der Waals surface area contributed by atoms with Crippen LogP contribution in [0.5, 0.6) is 11.5 Å². The van der Waals surface area contributed by atoms with Crippen molar-refractivity contribution in [1.29, 1.82) is 0 Å². The molecule has 1 aliphatic rings. The zero-order valence-corrected chi connectivity index (χ0v) is 17.0. The van der Waals surface area contributed by atoms with Crippen molar-refractivity contribution in [2.75, 3.05) is 39.7 Å². The van der Waals surface area contributed by atoms with Crippen LogP contribution >= 0.6 is 11.6 Å². The van der Waals surface area contributed by atoms with E-state index in [1.165, 1.54) is 22.3 Å². The van der Waals surface area contributed by atoms with Gasteiger partial charge in [-0.05, 0) is 54.6 Å². The van der Waals surface area contributed by atoms with Crippen molar-refractivity contribution >= 4 is 17.2 Å². The number of alkyl halides is 1. The first kappa shape index (κ1) is 19.8. The Kier molecular flexibility index (Phi) is 7.19. The van der Waals surface area contributed by atoms with E-state index in [0.29, 0.717) is 0 Å². The topological polar surface area (TPSA) is 21.7 Å². The van der Waals surface area contributed by atoms with Crippen LogP contribution < -0.4 is 9.47 Å². The Labute approximate surface area is 167 Å². The van der Waals surface area contributed by atoms with Crippen LogP contribution in [0.1, 0.15) is 30.4 Å². The molecule has 0 saturated carbocycles. The fourth-order valence-corrected chi connectivity index (χ4v) is 3.87. The van der Waals surface area contributed by atoms with E-state index in [2.05, 4.69) is 47.4 Å². The summed E-state index contributed by atoms with van der Waals surface area (Å²) in [6.45, 7) is 3.28. The molecule has 3 nitrogen and oxygen atoms in total. The Morgan fingerprint density at radius 1 is 0.926 bits per heavy atom. The molecule has 1 saturated heterocycles. The maximum absolute atomic E-state index is 5.86. The lowest BCUT2D eigenvalue weighted by Crippen LogP contribution is -2.32. The summed E-state index contributed by atoms with van der Waals surface area (Å²) in [5.74, 6) is 2.26. The third kappa shape index (κ3) is 4.85. The molecule has 4 heteroatoms. The summed E-state index contributed by atoms with van der Waals surface area (Å²) in [6, 6.07) is 16.9. The molecule has 1 heterocycles. The minimum atomic E-state index is 0.736. The molecule has 2 aromatic carbocycles. The molecule has 0 unspecified atom stereocenters. The average Bonchev–Trinajstić information content (AvgIpc) is 2.74. The first-order valence-corrected chi connectivity index (χ1v) is 10.1. The molecule has 1 fully saturated rings. The van der Waals surface area contributed by atoms with E-state index in [4.69, 9.17) is 21.1 Å². The lowest BCUT2D eigenvalue weighted by Gasteiger charge is -2.30. The smallest absolute Gasteiger partial charge is 0.161 e. The van der Waals surface area contributed by atoms with E-state index in [9.17, 15) is 0 Å². The highest BCUT2D eigenvalue weighted by Gasteiger charge is 2.19. The van der Waals surface area contributed by atoms with Gasteiger partial charge in [0.15, 0.2) is 11.5 Å². The normalized spacial score (nSPS) is 14.9. The van der Waals surface area contributed by atoms with Gasteiger partial charge in [-0.1, -0.05) is 42.0 Å². The van der Waals surface area contributed by atoms with Crippen LogP contribution in [0.2, 0.25) is 0 Å². The van der Waals surface area contributed by atoms with Crippen LogP contribution in [0.25, 0.3) is 5.57 Å². The Hall–Kier alpha value is -1.97. The summed E-state index contributed by atoms with van der Waals surface area (Å²) in [5.41, 5.74) is 5.28. The van der Waals surface area contributed by atoms with Crippen LogP contribution in [-0.2, 0) is 0 Å². The van der Waals surface area contributed by atoms with Gasteiger partial charge in [0.1, 0.15) is 0 Å². The predicted octanol–water partition coefficient (Wildman–Crippen LogP) is 5.23. The van der Waals surface area contributed by atoms with Crippen molar-refractivity contribution in [3.63, 3.8) is 0 Å². The van der Waals surface area contributed by atoms with Crippen molar-refractivity contribution in [3.05, 3.63) is 65.2 Å². The standard InChI is InChI=1S/C23H28ClNO2/c1-26-21-10-9-20(17-22(21)27-2)23(18-7-4-3-5-8-18)19-11-15-25(16-12-19)14-6-13-24/h3-5,7-10,17H,6,11-16H2,1-2H3. The van der Waals surface area contributed by atoms with E-state index in [1.807, 2.05) is 6.07 Å². The molecular weight excluding hydrogens is 358 g/mol. The first-order valence-electron chi connectivity index (χ1n) is 9.55. The molecule has 27 heavy (non-hydrogen) atoms. The second-order valence-electron chi connectivity index (χ2n) is 6.80. The number of nitrogens with zero attached hydrogens (tertiary/aromatic N) is 1. The zero-order valence-electron chi connectivity index (χ0n) is 16.2. The Balaban J connectivity index is 1.96. The molecule has 144 valence electrons. The van der Waals surface area contributed by atoms with E-state index in [1.54, 1.807) is 14.2 Å². The molecule has 0 aromatic heterocycles. The van der Waals surface area contributed by atoms with Gasteiger partial charge in [0.05, 0.1) is 14.2 Å². The number of halogens is 1. The molecule has 2 aromatic rings. The van der Waals surface area contributed by atoms with Gasteiger partial charge in [0.25, 0.3) is 0 Å². The van der Waals surface area contributed by atoms with Crippen molar-refractivity contribution in [3.8, 4) is 11.5 Å². The van der Waals surface area contributed by atoms with Gasteiger partial charge in [-0.3, -0.25) is 0 Å². The minimum Gasteiger partial charge on any atom is -0.493 e. The number of ether oxygens (including phenoxy) is 2. The van der Waals surface area contributed by atoms with Crippen LogP contribution in [-0.4, -0.2) is 44.6 Å². The monoisotopic (exact) mass is 385 g/mol. The lowest BCUT2D eigenvalue weighted by molar-refractivity contribution is 0.258. The van der Waals surface area contributed by atoms with Gasteiger partial charge in [0.2, 0.25) is 0 Å². The summed E-state index contributed by atoms with van der Waals surface area (Å²) in [4.78, 5) is 2.52. The lowest BCUT2D eigenvalue weighted by atomic mass is 9.88. The van der Waals surface area contributed by atoms with Gasteiger partial charge in [-0.2, -0.15) is 0 Å². The van der Waals surface area contributed by atoms with E-state index in [-0.39, 0.29) is 0 Å². The number of rotatable bonds is 7. The molecule has 0 bridgehead atoms. The molecule has 0 aliphatic carbocycles. The maximum Gasteiger partial charge on any atom is 0.161 e. The molecule has 0 amide bonds. The summed E-state index contributed by atoms with van der Waals surface area (Å²) in [6.07, 6.45) is 3.23. The molecule has 1 aliphatic heterocycles. The zero-order chi connectivity index (χ0) is 19.1. The highest BCUT2D eigenvalue weighted by Crippen LogP contribution is 2.36. The largest absolute Gasteiger partial charge is 0.493 e. The Bertz CT molecular complexity index is 763. The molecular formula is C23H28ClNO2. The third-order valence-corrected chi connectivity index (χ3v) is 5.42. The van der Waals surface area contributed by atoms with Gasteiger partial charge in [-0.15, -0.1) is 11.6 Å². The van der Waals surface area contributed by atoms with Gasteiger partial charge in [-0.25, -0.2) is 0 Å². The molecule has 0 spiro atoms. The molecule has 0 radical (unpaired) electrons. The SMILES string of the molecule is COc1ccc(C(=C2CCN(CCCCl)CC2)c2ccccc2)cc1OC. The van der Waals surface area contributed by atoms with Crippen molar-refractivity contribution in [2.24, 2.45) is 0 Å². The second kappa shape index (κ2) is 9.82. The predicted molar refractivity (Wildman–Crippen MR) is 113 cm³/mol. The van der Waals surface area contributed by atoms with Gasteiger partial charge >= 0.3 is 0 Å². The highest BCUT2D eigenvalue weighted by atomic mass is 35.5. The van der Waals surface area contributed by atoms with Crippen LogP contribution in [0.4, 0.5) is 0 Å². The van der Waals surface area contributed by atoms with Crippen LogP contribution in [0.15, 0.2) is 54.1 Å². The fourth-order valence-electron chi connectivity index (χ4n) is 3.75. The van der Waals surface area contributed by atoms with Crippen molar-refractivity contribution in [2.45, 2.75) is 19.3 Å². The number of benzene rings is 2. The Morgan fingerprint density at radius 2 is 1.63 bits per heavy atom. The second-order valence-corrected chi connectivity index (χ2v) is 7.18. The average molecular weight is 386 g/mol. The first-order chi connectivity index (χ1) is 13.3. The van der Waals surface area contributed by atoms with E-state index in [0.717, 1.165) is 56.3 Å². The summed E-state index contributed by atoms with van der Waals surface area (Å²) in [7, 11) is 3.36. The number of likely N-dealkylation sites (tertiary alicyclic amines) is 1. The van der Waals surface area contributed by atoms with E-state index >= 15 is 0 Å². The number of piperidine rings is 1. The molecule has 0 atom stereocenters. The molecule has 3 rings (SSSR count). The van der Waals surface area contributed by atoms with Gasteiger partial charge in [0, 0.05) is 19.0 Å². The van der Waals surface area contributed by atoms with Crippen LogP contribution in [0.3, 0.4) is 0 Å². The maximum atomic E-state index is 5.86. The molecule has 0 N–H and O–H groups in total. The van der Waals surface area contributed by atoms with Crippen molar-refractivity contribution in [1.82, 2.24) is 4.90 Å². The minimum absolute atomic E-state index is 0.736. The van der Waals surface area contributed by atoms with E-state index < -0.39 is 0 Å². The van der Waals surface area contributed by atoms with Gasteiger partial charge < -0.3 is 14.4 Å². The van der Waals surface area contributed by atoms with Crippen molar-refractivity contribution < 1.29 is 9.47 Å². The Morgan fingerprint density at radius 3 is 2.26 bits per heavy atom. The highest BCUT2D eigenvalue weighted by molar-refractivity contribution is 6.17. The number of methoxy groups -OCH3 is 2. The van der Waals surface area contributed by atoms with Crippen LogP contribution in [0, 0.1) is 0 Å². The quantitative estimate of drug-likeness (QED) is 0.609. The summed E-state index contributed by atoms with van der Waals surface area (Å²) >= 11 is 5.86. The fraction of sp³-hybridized carbons (Fsp3) is 0.391. The summed E-state index contributed by atoms with van der Waals surface area (Å²) < 4.78 is 11.0. The number of hydrogen-bond acceptors (Lipinski definition) is 3.